The summed E-state index contributed by atoms with van der Waals surface area (Å²) in [6.45, 7) is 5.93. The highest BCUT2D eigenvalue weighted by Gasteiger charge is 2.21. The zero-order chi connectivity index (χ0) is 13.8. The minimum atomic E-state index is -0.567. The van der Waals surface area contributed by atoms with Gasteiger partial charge in [0.15, 0.2) is 0 Å². The summed E-state index contributed by atoms with van der Waals surface area (Å²) in [5.41, 5.74) is 5.64. The summed E-state index contributed by atoms with van der Waals surface area (Å²) in [6.07, 6.45) is 2.28. The average molecular weight is 265 g/mol. The van der Waals surface area contributed by atoms with E-state index in [0.29, 0.717) is 11.9 Å². The monoisotopic (exact) mass is 265 g/mol. The first kappa shape index (κ1) is 13.5. The second kappa shape index (κ2) is 5.81. The van der Waals surface area contributed by atoms with E-state index in [1.807, 2.05) is 4.90 Å². The van der Waals surface area contributed by atoms with Crippen LogP contribution < -0.4 is 10.6 Å². The quantitative estimate of drug-likeness (QED) is 0.810. The van der Waals surface area contributed by atoms with E-state index < -0.39 is 5.97 Å². The van der Waals surface area contributed by atoms with Gasteiger partial charge in [-0.05, 0) is 25.7 Å². The number of rotatable bonds is 3. The summed E-state index contributed by atoms with van der Waals surface area (Å²) in [6, 6.07) is 0. The zero-order valence-electron chi connectivity index (χ0n) is 11.3. The van der Waals surface area contributed by atoms with Crippen molar-refractivity contribution in [1.29, 1.82) is 0 Å². The van der Waals surface area contributed by atoms with Gasteiger partial charge in [0.25, 0.3) is 0 Å². The molecule has 19 heavy (non-hydrogen) atoms. The molecule has 0 aliphatic carbocycles. The van der Waals surface area contributed by atoms with E-state index in [2.05, 4.69) is 21.9 Å². The third-order valence-corrected chi connectivity index (χ3v) is 3.04. The molecule has 1 aromatic rings. The van der Waals surface area contributed by atoms with E-state index in [0.717, 1.165) is 19.5 Å². The summed E-state index contributed by atoms with van der Waals surface area (Å²) in [5, 5.41) is 0. The Morgan fingerprint density at radius 2 is 2.26 bits per heavy atom. The fourth-order valence-electron chi connectivity index (χ4n) is 2.18. The molecular formula is C12H19N5O2. The smallest absolute Gasteiger partial charge is 0.376 e. The van der Waals surface area contributed by atoms with Crippen LogP contribution in [0.15, 0.2) is 0 Å². The van der Waals surface area contributed by atoms with Gasteiger partial charge in [0.05, 0.1) is 6.61 Å². The van der Waals surface area contributed by atoms with Crippen LogP contribution in [0.25, 0.3) is 0 Å². The van der Waals surface area contributed by atoms with Gasteiger partial charge in [-0.3, -0.25) is 0 Å². The van der Waals surface area contributed by atoms with Crippen molar-refractivity contribution in [2.45, 2.75) is 26.7 Å². The summed E-state index contributed by atoms with van der Waals surface area (Å²) in [4.78, 5) is 25.8. The highest BCUT2D eigenvalue weighted by atomic mass is 16.5. The van der Waals surface area contributed by atoms with Gasteiger partial charge in [-0.1, -0.05) is 6.92 Å². The molecule has 2 N–H and O–H groups in total. The lowest BCUT2D eigenvalue weighted by Crippen LogP contribution is -2.36. The first-order valence-electron chi connectivity index (χ1n) is 6.53. The Morgan fingerprint density at radius 1 is 1.47 bits per heavy atom. The van der Waals surface area contributed by atoms with Crippen LogP contribution in [0.1, 0.15) is 37.3 Å². The number of carbonyl (C=O) groups is 1. The Morgan fingerprint density at radius 3 is 2.95 bits per heavy atom. The van der Waals surface area contributed by atoms with Gasteiger partial charge in [-0.2, -0.15) is 15.0 Å². The number of nitrogens with zero attached hydrogens (tertiary/aromatic N) is 4. The van der Waals surface area contributed by atoms with Gasteiger partial charge in [-0.15, -0.1) is 0 Å². The van der Waals surface area contributed by atoms with Crippen LogP contribution in [0.2, 0.25) is 0 Å². The lowest BCUT2D eigenvalue weighted by atomic mass is 10.0. The summed E-state index contributed by atoms with van der Waals surface area (Å²) < 4.78 is 4.88. The molecule has 7 nitrogen and oxygen atoms in total. The van der Waals surface area contributed by atoms with Crippen molar-refractivity contribution in [3.63, 3.8) is 0 Å². The normalized spacial score (nSPS) is 19.3. The molecule has 1 aliphatic rings. The Kier molecular flexibility index (Phi) is 4.13. The Hall–Kier alpha value is -1.92. The van der Waals surface area contributed by atoms with E-state index in [9.17, 15) is 4.79 Å². The number of ether oxygens (including phenoxy) is 1. The third kappa shape index (κ3) is 3.30. The van der Waals surface area contributed by atoms with Crippen molar-refractivity contribution < 1.29 is 9.53 Å². The Bertz CT molecular complexity index is 465. The SMILES string of the molecule is CCOC(=O)c1nc(N)nc(N2CCCC(C)C2)n1. The van der Waals surface area contributed by atoms with E-state index in [4.69, 9.17) is 10.5 Å². The van der Waals surface area contributed by atoms with Crippen molar-refractivity contribution in [3.05, 3.63) is 5.82 Å². The second-order valence-electron chi connectivity index (χ2n) is 4.73. The second-order valence-corrected chi connectivity index (χ2v) is 4.73. The molecule has 0 bridgehead atoms. The predicted octanol–water partition coefficient (Wildman–Crippen LogP) is 0.867. The molecule has 1 aromatic heterocycles. The minimum Gasteiger partial charge on any atom is -0.460 e. The topological polar surface area (TPSA) is 94.2 Å². The number of hydrogen-bond donors (Lipinski definition) is 1. The van der Waals surface area contributed by atoms with E-state index in [-0.39, 0.29) is 18.4 Å². The van der Waals surface area contributed by atoms with E-state index >= 15 is 0 Å². The van der Waals surface area contributed by atoms with Crippen LogP contribution in [0.5, 0.6) is 0 Å². The minimum absolute atomic E-state index is 0.0254. The largest absolute Gasteiger partial charge is 0.460 e. The number of aromatic nitrogens is 3. The Labute approximate surface area is 112 Å². The summed E-state index contributed by atoms with van der Waals surface area (Å²) in [7, 11) is 0. The molecule has 0 amide bonds. The number of anilines is 2. The third-order valence-electron chi connectivity index (χ3n) is 3.04. The predicted molar refractivity (Wildman–Crippen MR) is 70.8 cm³/mol. The fourth-order valence-corrected chi connectivity index (χ4v) is 2.18. The van der Waals surface area contributed by atoms with Crippen LogP contribution in [0.3, 0.4) is 0 Å². The van der Waals surface area contributed by atoms with Crippen molar-refractivity contribution in [2.75, 3.05) is 30.3 Å². The molecule has 2 heterocycles. The fraction of sp³-hybridized carbons (Fsp3) is 0.667. The molecule has 0 radical (unpaired) electrons. The van der Waals surface area contributed by atoms with Crippen molar-refractivity contribution in [2.24, 2.45) is 5.92 Å². The Balaban J connectivity index is 2.23. The molecule has 0 aromatic carbocycles. The van der Waals surface area contributed by atoms with Gasteiger partial charge in [0.1, 0.15) is 0 Å². The summed E-state index contributed by atoms with van der Waals surface area (Å²) >= 11 is 0. The van der Waals surface area contributed by atoms with Gasteiger partial charge >= 0.3 is 5.97 Å². The molecule has 0 saturated carbocycles. The standard InChI is InChI=1S/C12H19N5O2/c1-3-19-10(18)9-14-11(13)16-12(15-9)17-6-4-5-8(2)7-17/h8H,3-7H2,1-2H3,(H2,13,14,15,16). The maximum atomic E-state index is 11.6. The lowest BCUT2D eigenvalue weighted by Gasteiger charge is -2.30. The number of nitrogen functional groups attached to an aromatic ring is 1. The van der Waals surface area contributed by atoms with Crippen LogP contribution in [-0.2, 0) is 4.74 Å². The highest BCUT2D eigenvalue weighted by Crippen LogP contribution is 2.20. The van der Waals surface area contributed by atoms with Crippen LogP contribution >= 0.6 is 0 Å². The number of hydrogen-bond acceptors (Lipinski definition) is 7. The number of piperidine rings is 1. The molecule has 0 spiro atoms. The molecule has 104 valence electrons. The molecule has 7 heteroatoms. The lowest BCUT2D eigenvalue weighted by molar-refractivity contribution is 0.0512. The van der Waals surface area contributed by atoms with Gasteiger partial charge < -0.3 is 15.4 Å². The van der Waals surface area contributed by atoms with Gasteiger partial charge in [-0.25, -0.2) is 4.79 Å². The molecule has 2 rings (SSSR count). The van der Waals surface area contributed by atoms with Crippen molar-refractivity contribution in [1.82, 2.24) is 15.0 Å². The average Bonchev–Trinajstić information content (AvgIpc) is 2.38. The van der Waals surface area contributed by atoms with Crippen LogP contribution in [0.4, 0.5) is 11.9 Å². The first-order chi connectivity index (χ1) is 9.10. The summed E-state index contributed by atoms with van der Waals surface area (Å²) in [5.74, 6) is 0.497. The highest BCUT2D eigenvalue weighted by molar-refractivity contribution is 5.85. The maximum Gasteiger partial charge on any atom is 0.376 e. The number of nitrogens with two attached hydrogens (primary N) is 1. The van der Waals surface area contributed by atoms with E-state index in [1.54, 1.807) is 6.92 Å². The molecule has 1 unspecified atom stereocenters. The van der Waals surface area contributed by atoms with Gasteiger partial charge in [0, 0.05) is 13.1 Å². The van der Waals surface area contributed by atoms with Crippen molar-refractivity contribution in [3.8, 4) is 0 Å². The zero-order valence-corrected chi connectivity index (χ0v) is 11.3. The molecular weight excluding hydrogens is 246 g/mol. The van der Waals surface area contributed by atoms with Crippen LogP contribution in [-0.4, -0.2) is 40.6 Å². The molecule has 1 atom stereocenters. The maximum absolute atomic E-state index is 11.6. The molecule has 1 fully saturated rings. The molecule has 1 saturated heterocycles. The molecule has 1 aliphatic heterocycles. The first-order valence-corrected chi connectivity index (χ1v) is 6.53. The van der Waals surface area contributed by atoms with Crippen molar-refractivity contribution >= 4 is 17.9 Å². The number of esters is 1. The van der Waals surface area contributed by atoms with Crippen LogP contribution in [0, 0.1) is 5.92 Å². The van der Waals surface area contributed by atoms with E-state index in [1.165, 1.54) is 6.42 Å². The van der Waals surface area contributed by atoms with Gasteiger partial charge in [0.2, 0.25) is 17.7 Å². The number of carbonyl (C=O) groups excluding carboxylic acids is 1.